The minimum atomic E-state index is -0.645. The van der Waals surface area contributed by atoms with Gasteiger partial charge in [-0.25, -0.2) is 0 Å². The minimum absolute atomic E-state index is 0.296. The minimum Gasteiger partial charge on any atom is -0.465 e. The second-order valence-corrected chi connectivity index (χ2v) is 4.84. The second kappa shape index (κ2) is 11.4. The average molecular weight is 316 g/mol. The first-order chi connectivity index (χ1) is 10.5. The third-order valence-electron chi connectivity index (χ3n) is 3.77. The molecule has 0 aromatic carbocycles. The molecule has 0 N–H and O–H groups in total. The van der Waals surface area contributed by atoms with Gasteiger partial charge in [0.1, 0.15) is 12.1 Å². The van der Waals surface area contributed by atoms with Crippen LogP contribution in [0.5, 0.6) is 0 Å². The number of ether oxygens (including phenoxy) is 2. The van der Waals surface area contributed by atoms with Crippen LogP contribution < -0.4 is 0 Å². The van der Waals surface area contributed by atoms with Crippen LogP contribution in [0.3, 0.4) is 0 Å². The highest BCUT2D eigenvalue weighted by Crippen LogP contribution is 2.16. The summed E-state index contributed by atoms with van der Waals surface area (Å²) in [5, 5.41) is 0. The Kier molecular flexibility index (Phi) is 10.8. The van der Waals surface area contributed by atoms with Gasteiger partial charge >= 0.3 is 11.9 Å². The predicted molar refractivity (Wildman–Crippen MR) is 86.7 cm³/mol. The molecule has 0 heterocycles. The number of carbonyl (C=O) groups excluding carboxylic acids is 2. The summed E-state index contributed by atoms with van der Waals surface area (Å²) in [5.41, 5.74) is 0. The van der Waals surface area contributed by atoms with Crippen LogP contribution in [0.25, 0.3) is 0 Å². The fourth-order valence-electron chi connectivity index (χ4n) is 2.64. The zero-order valence-corrected chi connectivity index (χ0v) is 14.9. The Morgan fingerprint density at radius 2 is 0.955 bits per heavy atom. The van der Waals surface area contributed by atoms with Gasteiger partial charge in [0.05, 0.1) is 13.2 Å². The smallest absolute Gasteiger partial charge is 0.325 e. The number of hydrogen-bond acceptors (Lipinski definition) is 6. The highest BCUT2D eigenvalue weighted by molar-refractivity contribution is 5.87. The highest BCUT2D eigenvalue weighted by Gasteiger charge is 2.42. The summed E-state index contributed by atoms with van der Waals surface area (Å²) >= 11 is 0. The first kappa shape index (κ1) is 20.9. The molecule has 6 nitrogen and oxygen atoms in total. The molecule has 0 aromatic rings. The van der Waals surface area contributed by atoms with E-state index in [1.54, 1.807) is 13.8 Å². The molecule has 0 bridgehead atoms. The summed E-state index contributed by atoms with van der Waals surface area (Å²) in [6.07, 6.45) is 0. The van der Waals surface area contributed by atoms with Crippen LogP contribution in [-0.4, -0.2) is 73.2 Å². The van der Waals surface area contributed by atoms with Gasteiger partial charge in [0.2, 0.25) is 0 Å². The lowest BCUT2D eigenvalue weighted by Gasteiger charge is -2.38. The maximum Gasteiger partial charge on any atom is 0.325 e. The maximum absolute atomic E-state index is 12.5. The molecule has 0 amide bonds. The van der Waals surface area contributed by atoms with Crippen molar-refractivity contribution in [2.45, 2.75) is 53.6 Å². The molecule has 0 spiro atoms. The largest absolute Gasteiger partial charge is 0.465 e. The number of hydrogen-bond donors (Lipinski definition) is 0. The fourth-order valence-corrected chi connectivity index (χ4v) is 2.64. The molecule has 6 heteroatoms. The molecule has 0 saturated heterocycles. The molecule has 0 saturated carbocycles. The summed E-state index contributed by atoms with van der Waals surface area (Å²) in [6.45, 7) is 14.7. The normalized spacial score (nSPS) is 14.0. The molecule has 0 aromatic heterocycles. The van der Waals surface area contributed by atoms with E-state index in [2.05, 4.69) is 0 Å². The summed E-state index contributed by atoms with van der Waals surface area (Å²) in [5.74, 6) is -0.729. The van der Waals surface area contributed by atoms with Gasteiger partial charge in [0.25, 0.3) is 0 Å². The number of rotatable bonds is 11. The van der Waals surface area contributed by atoms with Gasteiger partial charge in [0.15, 0.2) is 0 Å². The Morgan fingerprint density at radius 3 is 1.14 bits per heavy atom. The Morgan fingerprint density at radius 1 is 0.682 bits per heavy atom. The van der Waals surface area contributed by atoms with E-state index in [0.717, 1.165) is 0 Å². The molecule has 0 rings (SSSR count). The molecule has 2 atom stereocenters. The van der Waals surface area contributed by atoms with Crippen LogP contribution >= 0.6 is 0 Å². The fraction of sp³-hybridized carbons (Fsp3) is 0.875. The SMILES string of the molecule is CCOC(=O)C(C(C(=O)OCC)N(CC)CC)N(CC)CC. The van der Waals surface area contributed by atoms with Gasteiger partial charge in [-0.3, -0.25) is 19.4 Å². The van der Waals surface area contributed by atoms with E-state index >= 15 is 0 Å². The van der Waals surface area contributed by atoms with E-state index in [-0.39, 0.29) is 11.9 Å². The Hall–Kier alpha value is -1.14. The Bertz CT molecular complexity index is 296. The lowest BCUT2D eigenvalue weighted by atomic mass is 10.0. The van der Waals surface area contributed by atoms with Crippen LogP contribution in [-0.2, 0) is 19.1 Å². The predicted octanol–water partition coefficient (Wildman–Crippen LogP) is 1.53. The monoisotopic (exact) mass is 316 g/mol. The Labute approximate surface area is 134 Å². The van der Waals surface area contributed by atoms with Crippen LogP contribution in [0.4, 0.5) is 0 Å². The van der Waals surface area contributed by atoms with E-state index in [9.17, 15) is 9.59 Å². The average Bonchev–Trinajstić information content (AvgIpc) is 2.51. The van der Waals surface area contributed by atoms with E-state index in [0.29, 0.717) is 39.4 Å². The van der Waals surface area contributed by atoms with Gasteiger partial charge < -0.3 is 9.47 Å². The topological polar surface area (TPSA) is 59.1 Å². The summed E-state index contributed by atoms with van der Waals surface area (Å²) in [6, 6.07) is -1.29. The van der Waals surface area contributed by atoms with Crippen molar-refractivity contribution in [3.05, 3.63) is 0 Å². The van der Waals surface area contributed by atoms with E-state index in [1.807, 2.05) is 37.5 Å². The molecule has 2 unspecified atom stereocenters. The molecule has 0 aliphatic carbocycles. The van der Waals surface area contributed by atoms with Crippen LogP contribution in [0.1, 0.15) is 41.5 Å². The van der Waals surface area contributed by atoms with Crippen molar-refractivity contribution in [2.75, 3.05) is 39.4 Å². The van der Waals surface area contributed by atoms with Crippen molar-refractivity contribution in [2.24, 2.45) is 0 Å². The third-order valence-corrected chi connectivity index (χ3v) is 3.77. The first-order valence-corrected chi connectivity index (χ1v) is 8.33. The van der Waals surface area contributed by atoms with Crippen molar-refractivity contribution >= 4 is 11.9 Å². The molecule has 0 aliphatic heterocycles. The third kappa shape index (κ3) is 5.57. The summed E-state index contributed by atoms with van der Waals surface area (Å²) in [7, 11) is 0. The van der Waals surface area contributed by atoms with Crippen LogP contribution in [0.15, 0.2) is 0 Å². The van der Waals surface area contributed by atoms with E-state index in [1.165, 1.54) is 0 Å². The van der Waals surface area contributed by atoms with E-state index < -0.39 is 12.1 Å². The molecule has 22 heavy (non-hydrogen) atoms. The van der Waals surface area contributed by atoms with Crippen molar-refractivity contribution in [3.8, 4) is 0 Å². The van der Waals surface area contributed by atoms with Crippen molar-refractivity contribution in [1.82, 2.24) is 9.80 Å². The molecular weight excluding hydrogens is 284 g/mol. The van der Waals surface area contributed by atoms with E-state index in [4.69, 9.17) is 9.47 Å². The van der Waals surface area contributed by atoms with Crippen molar-refractivity contribution in [3.63, 3.8) is 0 Å². The standard InChI is InChI=1S/C16H32N2O4/c1-7-17(8-2)13(15(19)21-11-5)14(16(20)22-12-6)18(9-3)10-4/h13-14H,7-12H2,1-6H3. The van der Waals surface area contributed by atoms with Crippen molar-refractivity contribution < 1.29 is 19.1 Å². The molecular formula is C16H32N2O4. The van der Waals surface area contributed by atoms with Gasteiger partial charge in [-0.2, -0.15) is 0 Å². The maximum atomic E-state index is 12.5. The lowest BCUT2D eigenvalue weighted by Crippen LogP contribution is -2.59. The highest BCUT2D eigenvalue weighted by atomic mass is 16.5. The zero-order chi connectivity index (χ0) is 17.1. The molecule has 0 fully saturated rings. The number of carbonyl (C=O) groups is 2. The quantitative estimate of drug-likeness (QED) is 0.539. The number of nitrogens with zero attached hydrogens (tertiary/aromatic N) is 2. The lowest BCUT2D eigenvalue weighted by molar-refractivity contribution is -0.163. The summed E-state index contributed by atoms with van der Waals surface area (Å²) < 4.78 is 10.4. The molecule has 0 radical (unpaired) electrons. The molecule has 130 valence electrons. The van der Waals surface area contributed by atoms with Crippen LogP contribution in [0, 0.1) is 0 Å². The number of esters is 2. The van der Waals surface area contributed by atoms with Gasteiger partial charge in [-0.05, 0) is 40.0 Å². The van der Waals surface area contributed by atoms with Crippen LogP contribution in [0.2, 0.25) is 0 Å². The zero-order valence-electron chi connectivity index (χ0n) is 14.9. The molecule has 0 aliphatic rings. The first-order valence-electron chi connectivity index (χ1n) is 8.33. The van der Waals surface area contributed by atoms with Crippen molar-refractivity contribution in [1.29, 1.82) is 0 Å². The van der Waals surface area contributed by atoms with Gasteiger partial charge in [-0.1, -0.05) is 27.7 Å². The Balaban J connectivity index is 5.68. The number of likely N-dealkylation sites (N-methyl/N-ethyl adjacent to an activating group) is 2. The van der Waals surface area contributed by atoms with Gasteiger partial charge in [-0.15, -0.1) is 0 Å². The summed E-state index contributed by atoms with van der Waals surface area (Å²) in [4.78, 5) is 28.9. The van der Waals surface area contributed by atoms with Gasteiger partial charge in [0, 0.05) is 0 Å². The second-order valence-electron chi connectivity index (χ2n) is 4.84.